The Morgan fingerprint density at radius 3 is 2.39 bits per heavy atom. The average Bonchev–Trinajstić information content (AvgIpc) is 2.76. The summed E-state index contributed by atoms with van der Waals surface area (Å²) in [7, 11) is 1.52. The van der Waals surface area contributed by atoms with Crippen LogP contribution < -0.4 is 15.6 Å². The van der Waals surface area contributed by atoms with Gasteiger partial charge in [0.05, 0.1) is 23.9 Å². The third-order valence-electron chi connectivity index (χ3n) is 4.58. The van der Waals surface area contributed by atoms with E-state index < -0.39 is 23.1 Å². The highest BCUT2D eigenvalue weighted by Crippen LogP contribution is 2.28. The fourth-order valence-electron chi connectivity index (χ4n) is 3.09. The van der Waals surface area contributed by atoms with Gasteiger partial charge in [-0.05, 0) is 52.3 Å². The number of hydrogen-bond acceptors (Lipinski definition) is 4. The lowest BCUT2D eigenvalue weighted by molar-refractivity contribution is 0.102. The lowest BCUT2D eigenvalue weighted by atomic mass is 10.1. The Morgan fingerprint density at radius 1 is 1.06 bits per heavy atom. The third kappa shape index (κ3) is 3.91. The van der Waals surface area contributed by atoms with Crippen LogP contribution in [-0.4, -0.2) is 22.8 Å². The lowest BCUT2D eigenvalue weighted by Crippen LogP contribution is -2.26. The van der Waals surface area contributed by atoms with Crippen LogP contribution in [-0.2, 0) is 0 Å². The molecule has 0 radical (unpaired) electrons. The second kappa shape index (κ2) is 8.27. The molecule has 0 aliphatic heterocycles. The number of fused-ring (bicyclic) bond motifs is 1. The molecule has 0 saturated heterocycles. The Labute approximate surface area is 183 Å². The molecule has 6 nitrogen and oxygen atoms in total. The largest absolute Gasteiger partial charge is 0.497 e. The number of anilines is 1. The first kappa shape index (κ1) is 20.7. The number of amides is 1. The predicted molar refractivity (Wildman–Crippen MR) is 116 cm³/mol. The van der Waals surface area contributed by atoms with Crippen LogP contribution in [0.4, 0.5) is 14.5 Å². The molecule has 4 rings (SSSR count). The fraction of sp³-hybridized carbons (Fsp3) is 0.0455. The molecule has 0 saturated carbocycles. The highest BCUT2D eigenvalue weighted by Gasteiger charge is 2.20. The second-order valence-electron chi connectivity index (χ2n) is 6.51. The molecule has 31 heavy (non-hydrogen) atoms. The van der Waals surface area contributed by atoms with Crippen molar-refractivity contribution in [1.82, 2.24) is 9.78 Å². The number of carbonyl (C=O) groups excluding carboxylic acids is 1. The lowest BCUT2D eigenvalue weighted by Gasteiger charge is -2.13. The molecule has 1 aromatic heterocycles. The van der Waals surface area contributed by atoms with Gasteiger partial charge in [0.25, 0.3) is 11.5 Å². The van der Waals surface area contributed by atoms with Crippen LogP contribution >= 0.6 is 15.9 Å². The van der Waals surface area contributed by atoms with Gasteiger partial charge in [0.2, 0.25) is 0 Å². The number of hydrogen-bond donors (Lipinski definition) is 1. The number of nitrogens with zero attached hydrogens (tertiary/aromatic N) is 2. The van der Waals surface area contributed by atoms with Gasteiger partial charge >= 0.3 is 0 Å². The average molecular weight is 486 g/mol. The maximum atomic E-state index is 14.2. The van der Waals surface area contributed by atoms with Crippen molar-refractivity contribution in [2.45, 2.75) is 0 Å². The Balaban J connectivity index is 1.86. The zero-order chi connectivity index (χ0) is 22.1. The van der Waals surface area contributed by atoms with Crippen LogP contribution in [0.1, 0.15) is 10.5 Å². The monoisotopic (exact) mass is 485 g/mol. The van der Waals surface area contributed by atoms with Gasteiger partial charge < -0.3 is 10.1 Å². The first-order chi connectivity index (χ1) is 14.9. The summed E-state index contributed by atoms with van der Waals surface area (Å²) < 4.78 is 33.8. The first-order valence-corrected chi connectivity index (χ1v) is 9.80. The summed E-state index contributed by atoms with van der Waals surface area (Å²) in [4.78, 5) is 26.0. The van der Waals surface area contributed by atoms with Crippen LogP contribution in [0.3, 0.4) is 0 Å². The van der Waals surface area contributed by atoms with Gasteiger partial charge in [-0.2, -0.15) is 9.78 Å². The maximum absolute atomic E-state index is 14.2. The molecule has 3 aromatic carbocycles. The summed E-state index contributed by atoms with van der Waals surface area (Å²) in [5.74, 6) is -1.91. The standard InChI is InChI=1S/C22H14BrF2N3O3/c1-31-14-8-6-13(7-9-14)28-22(30)16-5-3-2-4-15(16)19(27-28)21(29)26-20-17(23)10-12(24)11-18(20)25/h2-11H,1H3,(H,26,29). The minimum atomic E-state index is -0.951. The van der Waals surface area contributed by atoms with Crippen LogP contribution in [0.2, 0.25) is 0 Å². The van der Waals surface area contributed by atoms with Crippen molar-refractivity contribution in [3.8, 4) is 11.4 Å². The van der Waals surface area contributed by atoms with E-state index in [0.717, 1.165) is 10.7 Å². The highest BCUT2D eigenvalue weighted by molar-refractivity contribution is 9.10. The Bertz CT molecular complexity index is 1350. The van der Waals surface area contributed by atoms with Gasteiger partial charge in [0.15, 0.2) is 11.5 Å². The quantitative estimate of drug-likeness (QED) is 0.455. The van der Waals surface area contributed by atoms with Gasteiger partial charge in [-0.15, -0.1) is 0 Å². The van der Waals surface area contributed by atoms with Crippen molar-refractivity contribution in [3.63, 3.8) is 0 Å². The summed E-state index contributed by atoms with van der Waals surface area (Å²) in [5, 5.41) is 7.20. The normalized spacial score (nSPS) is 10.8. The molecule has 0 bridgehead atoms. The summed E-state index contributed by atoms with van der Waals surface area (Å²) in [5.41, 5.74) is -0.340. The Morgan fingerprint density at radius 2 is 1.74 bits per heavy atom. The Kier molecular flexibility index (Phi) is 5.51. The summed E-state index contributed by atoms with van der Waals surface area (Å²) in [6.45, 7) is 0. The van der Waals surface area contributed by atoms with E-state index in [1.54, 1.807) is 48.5 Å². The van der Waals surface area contributed by atoms with Gasteiger partial charge in [-0.1, -0.05) is 18.2 Å². The number of halogens is 3. The van der Waals surface area contributed by atoms with Gasteiger partial charge in [0.1, 0.15) is 11.6 Å². The summed E-state index contributed by atoms with van der Waals surface area (Å²) >= 11 is 3.04. The van der Waals surface area contributed by atoms with Gasteiger partial charge in [-0.25, -0.2) is 8.78 Å². The number of aromatic nitrogens is 2. The van der Waals surface area contributed by atoms with Gasteiger partial charge in [0, 0.05) is 15.9 Å². The van der Waals surface area contributed by atoms with Crippen molar-refractivity contribution in [2.24, 2.45) is 0 Å². The minimum Gasteiger partial charge on any atom is -0.497 e. The SMILES string of the molecule is COc1ccc(-n2nc(C(=O)Nc3c(F)cc(F)cc3Br)c3ccccc3c2=O)cc1. The zero-order valence-corrected chi connectivity index (χ0v) is 17.6. The molecule has 0 fully saturated rings. The molecule has 0 atom stereocenters. The van der Waals surface area contributed by atoms with Crippen LogP contribution in [0.15, 0.2) is 69.9 Å². The number of methoxy groups -OCH3 is 1. The molecule has 0 unspecified atom stereocenters. The van der Waals surface area contributed by atoms with Crippen molar-refractivity contribution in [1.29, 1.82) is 0 Å². The van der Waals surface area contributed by atoms with Crippen LogP contribution in [0, 0.1) is 11.6 Å². The molecule has 1 N–H and O–H groups in total. The van der Waals surface area contributed by atoms with Crippen molar-refractivity contribution in [2.75, 3.05) is 12.4 Å². The smallest absolute Gasteiger partial charge is 0.279 e. The molecule has 9 heteroatoms. The number of ether oxygens (including phenoxy) is 1. The van der Waals surface area contributed by atoms with Crippen molar-refractivity contribution in [3.05, 3.63) is 92.8 Å². The van der Waals surface area contributed by atoms with E-state index in [0.29, 0.717) is 22.9 Å². The molecular formula is C22H14BrF2N3O3. The van der Waals surface area contributed by atoms with Crippen molar-refractivity contribution < 1.29 is 18.3 Å². The highest BCUT2D eigenvalue weighted by atomic mass is 79.9. The molecule has 4 aromatic rings. The fourth-order valence-corrected chi connectivity index (χ4v) is 3.60. The number of benzene rings is 3. The predicted octanol–water partition coefficient (Wildman–Crippen LogP) is 4.69. The molecule has 0 aliphatic carbocycles. The van der Waals surface area contributed by atoms with E-state index in [1.165, 1.54) is 7.11 Å². The molecular weight excluding hydrogens is 472 g/mol. The second-order valence-corrected chi connectivity index (χ2v) is 7.36. The first-order valence-electron chi connectivity index (χ1n) is 9.01. The topological polar surface area (TPSA) is 73.2 Å². The van der Waals surface area contributed by atoms with E-state index in [4.69, 9.17) is 4.74 Å². The van der Waals surface area contributed by atoms with Gasteiger partial charge in [-0.3, -0.25) is 9.59 Å². The van der Waals surface area contributed by atoms with E-state index in [-0.39, 0.29) is 21.2 Å². The maximum Gasteiger partial charge on any atom is 0.279 e. The van der Waals surface area contributed by atoms with E-state index in [9.17, 15) is 18.4 Å². The molecule has 1 amide bonds. The minimum absolute atomic E-state index is 0.0335. The van der Waals surface area contributed by atoms with Crippen LogP contribution in [0.25, 0.3) is 16.5 Å². The van der Waals surface area contributed by atoms with Crippen LogP contribution in [0.5, 0.6) is 5.75 Å². The molecule has 0 aliphatic rings. The van der Waals surface area contributed by atoms with E-state index >= 15 is 0 Å². The van der Waals surface area contributed by atoms with E-state index in [2.05, 4.69) is 26.3 Å². The third-order valence-corrected chi connectivity index (χ3v) is 5.21. The Hall–Kier alpha value is -3.59. The number of nitrogens with one attached hydrogen (secondary N) is 1. The summed E-state index contributed by atoms with van der Waals surface area (Å²) in [6, 6.07) is 14.7. The zero-order valence-electron chi connectivity index (χ0n) is 16.0. The number of rotatable bonds is 4. The van der Waals surface area contributed by atoms with Crippen molar-refractivity contribution >= 4 is 38.3 Å². The van der Waals surface area contributed by atoms with E-state index in [1.807, 2.05) is 0 Å². The molecule has 0 spiro atoms. The molecule has 156 valence electrons. The summed E-state index contributed by atoms with van der Waals surface area (Å²) in [6.07, 6.45) is 0. The number of carbonyl (C=O) groups is 1. The molecule has 1 heterocycles.